The van der Waals surface area contributed by atoms with E-state index in [1.165, 1.54) is 11.3 Å². The molecule has 2 aliphatic rings. The molecule has 2 aromatic heterocycles. The number of amidine groups is 1. The Labute approximate surface area is 170 Å². The first kappa shape index (κ1) is 17.9. The fraction of sp³-hybridized carbons (Fsp3) is 0.300. The molecule has 4 heterocycles. The average Bonchev–Trinajstić information content (AvgIpc) is 3.39. The van der Waals surface area contributed by atoms with E-state index in [0.29, 0.717) is 27.9 Å². The lowest BCUT2D eigenvalue weighted by Crippen LogP contribution is -2.31. The summed E-state index contributed by atoms with van der Waals surface area (Å²) in [5, 5.41) is 3.43. The number of ether oxygens (including phenoxy) is 1. The summed E-state index contributed by atoms with van der Waals surface area (Å²) in [6, 6.07) is 5.81. The van der Waals surface area contributed by atoms with Crippen LogP contribution in [0.3, 0.4) is 0 Å². The Morgan fingerprint density at radius 3 is 3.10 bits per heavy atom. The molecular formula is C20H19N5O3S. The maximum atomic E-state index is 13.2. The highest BCUT2D eigenvalue weighted by molar-refractivity contribution is 7.22. The molecule has 0 aliphatic carbocycles. The fourth-order valence-corrected chi connectivity index (χ4v) is 4.49. The van der Waals surface area contributed by atoms with Crippen LogP contribution in [-0.2, 0) is 0 Å². The number of carbonyl (C=O) groups is 1. The summed E-state index contributed by atoms with van der Waals surface area (Å²) in [5.41, 5.74) is 1.91. The molecule has 0 radical (unpaired) electrons. The smallest absolute Gasteiger partial charge is 0.261 e. The Morgan fingerprint density at radius 1 is 1.45 bits per heavy atom. The van der Waals surface area contributed by atoms with Crippen LogP contribution in [0.25, 0.3) is 10.2 Å². The van der Waals surface area contributed by atoms with Crippen LogP contribution in [0.5, 0.6) is 5.75 Å². The minimum absolute atomic E-state index is 0.188. The van der Waals surface area contributed by atoms with Crippen molar-refractivity contribution in [3.63, 3.8) is 0 Å². The van der Waals surface area contributed by atoms with Crippen LogP contribution < -0.4 is 10.1 Å². The van der Waals surface area contributed by atoms with Gasteiger partial charge in [0.25, 0.3) is 5.91 Å². The summed E-state index contributed by atoms with van der Waals surface area (Å²) in [6.45, 7) is 4.63. The zero-order valence-corrected chi connectivity index (χ0v) is 17.0. The molecular weight excluding hydrogens is 390 g/mol. The van der Waals surface area contributed by atoms with E-state index in [-0.39, 0.29) is 11.9 Å². The molecule has 0 unspecified atom stereocenters. The number of benzene rings is 1. The average molecular weight is 409 g/mol. The number of amides is 1. The molecule has 0 spiro atoms. The Balaban J connectivity index is 1.50. The minimum atomic E-state index is -0.279. The van der Waals surface area contributed by atoms with E-state index in [4.69, 9.17) is 14.1 Å². The Bertz CT molecular complexity index is 1190. The van der Waals surface area contributed by atoms with Crippen LogP contribution in [0.4, 0.5) is 11.0 Å². The monoisotopic (exact) mass is 409 g/mol. The van der Waals surface area contributed by atoms with E-state index >= 15 is 0 Å². The maximum Gasteiger partial charge on any atom is 0.261 e. The van der Waals surface area contributed by atoms with Gasteiger partial charge in [-0.05, 0) is 31.5 Å². The minimum Gasteiger partial charge on any atom is -0.497 e. The van der Waals surface area contributed by atoms with Gasteiger partial charge in [-0.1, -0.05) is 18.3 Å². The zero-order valence-electron chi connectivity index (χ0n) is 16.2. The highest BCUT2D eigenvalue weighted by Gasteiger charge is 2.36. The molecule has 1 amide bonds. The molecule has 5 rings (SSSR count). The molecule has 0 fully saturated rings. The number of hydrogen-bond donors (Lipinski definition) is 1. The first-order chi connectivity index (χ1) is 14.1. The standard InChI is InChI=1S/C20H19N5O3S/c1-4-11-8-25-9-21-19-16(17(25)22-11)15(10(2)28-19)18(26)24-20-23-13-6-5-12(27-3)7-14(13)29-20/h5-7,9,11H,4,8H2,1-3H3,(H,23,24,26)/t11-/m1/s1. The van der Waals surface area contributed by atoms with Crippen molar-refractivity contribution < 1.29 is 13.9 Å². The number of furan rings is 1. The number of aryl methyl sites for hydroxylation is 1. The number of thiazole rings is 1. The van der Waals surface area contributed by atoms with Gasteiger partial charge in [-0.15, -0.1) is 0 Å². The third-order valence-electron chi connectivity index (χ3n) is 5.10. The highest BCUT2D eigenvalue weighted by atomic mass is 32.1. The molecule has 0 bridgehead atoms. The molecule has 9 heteroatoms. The van der Waals surface area contributed by atoms with E-state index in [2.05, 4.69) is 22.2 Å². The molecule has 2 aliphatic heterocycles. The van der Waals surface area contributed by atoms with Gasteiger partial charge < -0.3 is 14.1 Å². The third kappa shape index (κ3) is 2.89. The molecule has 148 valence electrons. The number of aliphatic imine (C=N–C) groups is 2. The number of nitrogens with zero attached hydrogens (tertiary/aromatic N) is 4. The fourth-order valence-electron chi connectivity index (χ4n) is 3.60. The van der Waals surface area contributed by atoms with Gasteiger partial charge in [-0.2, -0.15) is 0 Å². The molecule has 3 aromatic rings. The Morgan fingerprint density at radius 2 is 2.31 bits per heavy atom. The summed E-state index contributed by atoms with van der Waals surface area (Å²) in [6.07, 6.45) is 2.65. The summed E-state index contributed by atoms with van der Waals surface area (Å²) >= 11 is 1.40. The number of aromatic nitrogens is 1. The Hall–Kier alpha value is -3.20. The number of methoxy groups -OCH3 is 1. The van der Waals surface area contributed by atoms with Gasteiger partial charge in [0.15, 0.2) is 5.13 Å². The van der Waals surface area contributed by atoms with Gasteiger partial charge in [-0.25, -0.2) is 9.98 Å². The molecule has 0 saturated carbocycles. The van der Waals surface area contributed by atoms with Crippen molar-refractivity contribution >= 4 is 50.7 Å². The summed E-state index contributed by atoms with van der Waals surface area (Å²) in [5.74, 6) is 2.16. The summed E-state index contributed by atoms with van der Waals surface area (Å²) in [4.78, 5) is 28.8. The van der Waals surface area contributed by atoms with E-state index in [1.54, 1.807) is 20.4 Å². The number of rotatable bonds is 4. The van der Waals surface area contributed by atoms with Crippen LogP contribution in [-0.4, -0.2) is 47.7 Å². The van der Waals surface area contributed by atoms with Gasteiger partial charge in [0.05, 0.1) is 34.5 Å². The number of anilines is 1. The van der Waals surface area contributed by atoms with Crippen molar-refractivity contribution in [1.29, 1.82) is 0 Å². The van der Waals surface area contributed by atoms with Gasteiger partial charge >= 0.3 is 0 Å². The lowest BCUT2D eigenvalue weighted by Gasteiger charge is -2.18. The SMILES string of the molecule is CC[C@@H]1CN2C=Nc3oc(C)c(C(=O)Nc4nc5ccc(OC)cc5s4)c3C2=N1. The van der Waals surface area contributed by atoms with Crippen molar-refractivity contribution in [2.24, 2.45) is 9.98 Å². The number of carbonyl (C=O) groups excluding carboxylic acids is 1. The van der Waals surface area contributed by atoms with Crippen molar-refractivity contribution in [1.82, 2.24) is 9.88 Å². The maximum absolute atomic E-state index is 13.2. The van der Waals surface area contributed by atoms with Crippen LogP contribution in [0.1, 0.15) is 35.0 Å². The van der Waals surface area contributed by atoms with Gasteiger partial charge in [0, 0.05) is 6.54 Å². The first-order valence-electron chi connectivity index (χ1n) is 9.35. The summed E-state index contributed by atoms with van der Waals surface area (Å²) < 4.78 is 12.0. The second-order valence-corrected chi connectivity index (χ2v) is 7.96. The number of fused-ring (bicyclic) bond motifs is 4. The van der Waals surface area contributed by atoms with E-state index < -0.39 is 0 Å². The van der Waals surface area contributed by atoms with E-state index in [9.17, 15) is 4.79 Å². The van der Waals surface area contributed by atoms with Gasteiger partial charge in [-0.3, -0.25) is 15.1 Å². The van der Waals surface area contributed by atoms with Crippen LogP contribution >= 0.6 is 11.3 Å². The molecule has 1 N–H and O–H groups in total. The molecule has 29 heavy (non-hydrogen) atoms. The second kappa shape index (κ2) is 6.70. The third-order valence-corrected chi connectivity index (χ3v) is 6.04. The predicted molar refractivity (Wildman–Crippen MR) is 113 cm³/mol. The van der Waals surface area contributed by atoms with Gasteiger partial charge in [0.2, 0.25) is 5.88 Å². The van der Waals surface area contributed by atoms with Crippen molar-refractivity contribution in [2.45, 2.75) is 26.3 Å². The lowest BCUT2D eigenvalue weighted by molar-refractivity contribution is 0.102. The van der Waals surface area contributed by atoms with E-state index in [1.807, 2.05) is 23.1 Å². The topological polar surface area (TPSA) is 92.3 Å². The Kier molecular flexibility index (Phi) is 4.13. The highest BCUT2D eigenvalue weighted by Crippen LogP contribution is 2.36. The molecule has 1 atom stereocenters. The van der Waals surface area contributed by atoms with Gasteiger partial charge in [0.1, 0.15) is 23.7 Å². The summed E-state index contributed by atoms with van der Waals surface area (Å²) in [7, 11) is 1.62. The largest absolute Gasteiger partial charge is 0.497 e. The van der Waals surface area contributed by atoms with Crippen LogP contribution in [0.15, 0.2) is 32.6 Å². The van der Waals surface area contributed by atoms with Crippen LogP contribution in [0.2, 0.25) is 0 Å². The quantitative estimate of drug-likeness (QED) is 0.704. The normalized spacial score (nSPS) is 17.3. The van der Waals surface area contributed by atoms with Crippen molar-refractivity contribution in [3.8, 4) is 5.75 Å². The lowest BCUT2D eigenvalue weighted by atomic mass is 10.1. The zero-order chi connectivity index (χ0) is 20.1. The second-order valence-electron chi connectivity index (χ2n) is 6.93. The van der Waals surface area contributed by atoms with Crippen LogP contribution in [0, 0.1) is 6.92 Å². The molecule has 1 aromatic carbocycles. The number of nitrogens with one attached hydrogen (secondary N) is 1. The predicted octanol–water partition coefficient (Wildman–Crippen LogP) is 3.97. The number of hydrogen-bond acceptors (Lipinski definition) is 8. The van der Waals surface area contributed by atoms with E-state index in [0.717, 1.165) is 34.8 Å². The molecule has 0 saturated heterocycles. The first-order valence-corrected chi connectivity index (χ1v) is 10.2. The molecule has 8 nitrogen and oxygen atoms in total. The van der Waals surface area contributed by atoms with Crippen molar-refractivity contribution in [2.75, 3.05) is 19.0 Å². The van der Waals surface area contributed by atoms with Crippen molar-refractivity contribution in [3.05, 3.63) is 35.1 Å².